The molecule has 0 amide bonds. The number of ether oxygens (including phenoxy) is 1. The van der Waals surface area contributed by atoms with E-state index in [0.717, 1.165) is 35.0 Å². The van der Waals surface area contributed by atoms with Crippen LogP contribution in [0, 0.1) is 0 Å². The third-order valence-corrected chi connectivity index (χ3v) is 4.93. The summed E-state index contributed by atoms with van der Waals surface area (Å²) in [5.74, 6) is 0.901. The average molecular weight is 321 g/mol. The van der Waals surface area contributed by atoms with Crippen LogP contribution in [0.1, 0.15) is 16.0 Å². The fourth-order valence-corrected chi connectivity index (χ4v) is 3.66. The van der Waals surface area contributed by atoms with E-state index in [1.807, 2.05) is 24.4 Å². The van der Waals surface area contributed by atoms with Crippen LogP contribution in [0.5, 0.6) is 5.75 Å². The lowest BCUT2D eigenvalue weighted by Gasteiger charge is -2.15. The molecule has 1 aliphatic carbocycles. The van der Waals surface area contributed by atoms with Crippen LogP contribution in [-0.2, 0) is 12.8 Å². The summed E-state index contributed by atoms with van der Waals surface area (Å²) < 4.78 is 5.31. The Bertz CT molecular complexity index is 871. The van der Waals surface area contributed by atoms with Crippen molar-refractivity contribution >= 4 is 22.7 Å². The molecule has 0 aliphatic heterocycles. The molecule has 0 spiro atoms. The van der Waals surface area contributed by atoms with Crippen LogP contribution in [0.15, 0.2) is 47.7 Å². The van der Waals surface area contributed by atoms with Crippen molar-refractivity contribution in [1.29, 1.82) is 0 Å². The molecule has 5 heteroatoms. The first kappa shape index (κ1) is 14.1. The summed E-state index contributed by atoms with van der Waals surface area (Å²) in [6, 6.07) is 10.1. The molecule has 0 radical (unpaired) electrons. The Morgan fingerprint density at radius 3 is 2.87 bits per heavy atom. The molecule has 1 aliphatic rings. The van der Waals surface area contributed by atoms with Crippen LogP contribution in [0.3, 0.4) is 0 Å². The van der Waals surface area contributed by atoms with Gasteiger partial charge in [0.2, 0.25) is 5.13 Å². The number of aryl methyl sites for hydroxylation is 2. The standard InChI is InChI=1S/C18H15N3OS/c1-22-14-3-4-15-13(10-14)2-5-16-17(15)21-18(23-16)20-11-12-6-8-19-9-7-12/h3-4,6-11H,2,5H2,1H3. The zero-order valence-corrected chi connectivity index (χ0v) is 13.5. The summed E-state index contributed by atoms with van der Waals surface area (Å²) in [5.41, 5.74) is 4.60. The first-order chi connectivity index (χ1) is 11.3. The van der Waals surface area contributed by atoms with Gasteiger partial charge in [-0.25, -0.2) is 9.98 Å². The molecule has 0 N–H and O–H groups in total. The number of rotatable bonds is 3. The Labute approximate surface area is 138 Å². The van der Waals surface area contributed by atoms with E-state index in [2.05, 4.69) is 22.1 Å². The second-order valence-corrected chi connectivity index (χ2v) is 6.39. The summed E-state index contributed by atoms with van der Waals surface area (Å²) in [6.45, 7) is 0. The Morgan fingerprint density at radius 2 is 2.04 bits per heavy atom. The van der Waals surface area contributed by atoms with Gasteiger partial charge in [-0.3, -0.25) is 4.98 Å². The minimum Gasteiger partial charge on any atom is -0.497 e. The van der Waals surface area contributed by atoms with Crippen molar-refractivity contribution in [3.8, 4) is 17.0 Å². The maximum Gasteiger partial charge on any atom is 0.209 e. The summed E-state index contributed by atoms with van der Waals surface area (Å²) in [7, 11) is 1.70. The molecular weight excluding hydrogens is 306 g/mol. The molecule has 0 saturated carbocycles. The maximum absolute atomic E-state index is 5.31. The van der Waals surface area contributed by atoms with Gasteiger partial charge in [-0.05, 0) is 54.3 Å². The van der Waals surface area contributed by atoms with E-state index in [9.17, 15) is 0 Å². The van der Waals surface area contributed by atoms with Crippen molar-refractivity contribution in [2.75, 3.05) is 7.11 Å². The number of methoxy groups -OCH3 is 1. The van der Waals surface area contributed by atoms with Gasteiger partial charge < -0.3 is 4.74 Å². The molecule has 1 aromatic carbocycles. The maximum atomic E-state index is 5.31. The monoisotopic (exact) mass is 321 g/mol. The second-order valence-electron chi connectivity index (χ2n) is 5.33. The van der Waals surface area contributed by atoms with Gasteiger partial charge in [0.15, 0.2) is 0 Å². The number of aliphatic imine (C=N–C) groups is 1. The zero-order chi connectivity index (χ0) is 15.6. The van der Waals surface area contributed by atoms with Crippen molar-refractivity contribution in [3.05, 3.63) is 58.7 Å². The smallest absolute Gasteiger partial charge is 0.209 e. The first-order valence-electron chi connectivity index (χ1n) is 7.44. The van der Waals surface area contributed by atoms with Gasteiger partial charge in [-0.1, -0.05) is 11.3 Å². The SMILES string of the molecule is COc1ccc2c(c1)CCc1sc(N=Cc3ccncc3)nc1-2. The lowest BCUT2D eigenvalue weighted by molar-refractivity contribution is 0.414. The number of thiazole rings is 1. The van der Waals surface area contributed by atoms with E-state index < -0.39 is 0 Å². The van der Waals surface area contributed by atoms with E-state index >= 15 is 0 Å². The average Bonchev–Trinajstić information content (AvgIpc) is 3.04. The van der Waals surface area contributed by atoms with Gasteiger partial charge in [-0.15, -0.1) is 0 Å². The van der Waals surface area contributed by atoms with E-state index in [4.69, 9.17) is 9.72 Å². The van der Waals surface area contributed by atoms with Crippen LogP contribution < -0.4 is 4.74 Å². The van der Waals surface area contributed by atoms with E-state index in [0.29, 0.717) is 0 Å². The molecule has 114 valence electrons. The van der Waals surface area contributed by atoms with Crippen molar-refractivity contribution in [3.63, 3.8) is 0 Å². The minimum atomic E-state index is 0.801. The summed E-state index contributed by atoms with van der Waals surface area (Å²) >= 11 is 1.67. The number of fused-ring (bicyclic) bond motifs is 3. The van der Waals surface area contributed by atoms with Crippen molar-refractivity contribution in [2.45, 2.75) is 12.8 Å². The summed E-state index contributed by atoms with van der Waals surface area (Å²) in [4.78, 5) is 14.6. The molecule has 0 unspecified atom stereocenters. The highest BCUT2D eigenvalue weighted by atomic mass is 32.1. The van der Waals surface area contributed by atoms with E-state index in [-0.39, 0.29) is 0 Å². The number of aromatic nitrogens is 2. The van der Waals surface area contributed by atoms with Gasteiger partial charge in [0.25, 0.3) is 0 Å². The number of hydrogen-bond donors (Lipinski definition) is 0. The van der Waals surface area contributed by atoms with Crippen molar-refractivity contribution in [1.82, 2.24) is 9.97 Å². The molecule has 4 nitrogen and oxygen atoms in total. The Hall–Kier alpha value is -2.53. The van der Waals surface area contributed by atoms with Crippen molar-refractivity contribution in [2.24, 2.45) is 4.99 Å². The number of nitrogens with zero attached hydrogens (tertiary/aromatic N) is 3. The molecule has 23 heavy (non-hydrogen) atoms. The lowest BCUT2D eigenvalue weighted by Crippen LogP contribution is -2.02. The fraction of sp³-hybridized carbons (Fsp3) is 0.167. The van der Waals surface area contributed by atoms with Crippen molar-refractivity contribution < 1.29 is 4.74 Å². The van der Waals surface area contributed by atoms with Crippen LogP contribution in [0.4, 0.5) is 5.13 Å². The zero-order valence-electron chi connectivity index (χ0n) is 12.7. The first-order valence-corrected chi connectivity index (χ1v) is 8.26. The minimum absolute atomic E-state index is 0.801. The highest BCUT2D eigenvalue weighted by Gasteiger charge is 2.21. The van der Waals surface area contributed by atoms with Crippen LogP contribution in [0.2, 0.25) is 0 Å². The predicted octanol–water partition coefficient (Wildman–Crippen LogP) is 4.06. The van der Waals surface area contributed by atoms with Gasteiger partial charge in [0, 0.05) is 29.0 Å². The molecule has 0 atom stereocenters. The lowest BCUT2D eigenvalue weighted by atomic mass is 9.93. The Balaban J connectivity index is 1.67. The molecule has 2 heterocycles. The van der Waals surface area contributed by atoms with Gasteiger partial charge in [0.1, 0.15) is 5.75 Å². The largest absolute Gasteiger partial charge is 0.497 e. The third-order valence-electron chi connectivity index (χ3n) is 3.91. The third kappa shape index (κ3) is 2.75. The van der Waals surface area contributed by atoms with Gasteiger partial charge in [-0.2, -0.15) is 0 Å². The molecule has 2 aromatic heterocycles. The highest BCUT2D eigenvalue weighted by Crippen LogP contribution is 2.40. The van der Waals surface area contributed by atoms with E-state index in [1.165, 1.54) is 16.0 Å². The Kier molecular flexibility index (Phi) is 3.63. The number of benzene rings is 1. The predicted molar refractivity (Wildman–Crippen MR) is 93.0 cm³/mol. The number of hydrogen-bond acceptors (Lipinski definition) is 5. The summed E-state index contributed by atoms with van der Waals surface area (Å²) in [5, 5.41) is 0.801. The second kappa shape index (κ2) is 5.93. The quantitative estimate of drug-likeness (QED) is 0.683. The molecule has 0 bridgehead atoms. The molecule has 3 aromatic rings. The van der Waals surface area contributed by atoms with Crippen LogP contribution >= 0.6 is 11.3 Å². The van der Waals surface area contributed by atoms with Crippen LogP contribution in [-0.4, -0.2) is 23.3 Å². The molecule has 4 rings (SSSR count). The summed E-state index contributed by atoms with van der Waals surface area (Å²) in [6.07, 6.45) is 7.39. The van der Waals surface area contributed by atoms with Crippen LogP contribution in [0.25, 0.3) is 11.3 Å². The molecular formula is C18H15N3OS. The highest BCUT2D eigenvalue weighted by molar-refractivity contribution is 7.15. The molecule has 0 saturated heterocycles. The fourth-order valence-electron chi connectivity index (χ4n) is 2.74. The van der Waals surface area contributed by atoms with Gasteiger partial charge >= 0.3 is 0 Å². The number of pyridine rings is 1. The van der Waals surface area contributed by atoms with Gasteiger partial charge in [0.05, 0.1) is 12.8 Å². The molecule has 0 fully saturated rings. The Morgan fingerprint density at radius 1 is 1.17 bits per heavy atom. The normalized spacial score (nSPS) is 12.9. The topological polar surface area (TPSA) is 47.4 Å². The van der Waals surface area contributed by atoms with E-state index in [1.54, 1.807) is 30.8 Å².